The van der Waals surface area contributed by atoms with Crippen LogP contribution in [0.2, 0.25) is 0 Å². The van der Waals surface area contributed by atoms with Crippen molar-refractivity contribution < 1.29 is 9.53 Å². The molecule has 0 aliphatic heterocycles. The highest BCUT2D eigenvalue weighted by atomic mass is 16.5. The van der Waals surface area contributed by atoms with Crippen molar-refractivity contribution >= 4 is 5.97 Å². The van der Waals surface area contributed by atoms with Crippen LogP contribution in [0.4, 0.5) is 0 Å². The van der Waals surface area contributed by atoms with Gasteiger partial charge in [0.25, 0.3) is 0 Å². The Morgan fingerprint density at radius 2 is 2.13 bits per heavy atom. The lowest BCUT2D eigenvalue weighted by Gasteiger charge is -2.07. The van der Waals surface area contributed by atoms with Gasteiger partial charge in [0.2, 0.25) is 0 Å². The van der Waals surface area contributed by atoms with Crippen LogP contribution in [0, 0.1) is 11.8 Å². The molecule has 0 saturated heterocycles. The number of hydrogen-bond donors (Lipinski definition) is 0. The Balaban J connectivity index is 2.11. The zero-order chi connectivity index (χ0) is 11.1. The third-order valence-electron chi connectivity index (χ3n) is 2.99. The fourth-order valence-electron chi connectivity index (χ4n) is 1.98. The van der Waals surface area contributed by atoms with Crippen LogP contribution in [0.25, 0.3) is 0 Å². The fourth-order valence-corrected chi connectivity index (χ4v) is 1.98. The van der Waals surface area contributed by atoms with Crippen LogP contribution in [0.15, 0.2) is 12.2 Å². The lowest BCUT2D eigenvalue weighted by Crippen LogP contribution is -2.04. The van der Waals surface area contributed by atoms with Gasteiger partial charge in [0.15, 0.2) is 0 Å². The highest BCUT2D eigenvalue weighted by molar-refractivity contribution is 5.65. The van der Waals surface area contributed by atoms with Crippen LogP contribution < -0.4 is 0 Å². The number of rotatable bonds is 5. The van der Waals surface area contributed by atoms with Crippen LogP contribution in [0.1, 0.15) is 46.0 Å². The van der Waals surface area contributed by atoms with Crippen LogP contribution in [0.5, 0.6) is 0 Å². The lowest BCUT2D eigenvalue weighted by atomic mass is 10.0. The van der Waals surface area contributed by atoms with E-state index in [0.717, 1.165) is 12.3 Å². The number of carbonyl (C=O) groups excluding carboxylic acids is 1. The van der Waals surface area contributed by atoms with Gasteiger partial charge in [-0.05, 0) is 31.1 Å². The van der Waals surface area contributed by atoms with Crippen molar-refractivity contribution in [3.8, 4) is 0 Å². The second-order valence-corrected chi connectivity index (χ2v) is 4.54. The summed E-state index contributed by atoms with van der Waals surface area (Å²) < 4.78 is 4.91. The molecule has 0 radical (unpaired) electrons. The molecular formula is C13H22O2. The van der Waals surface area contributed by atoms with E-state index < -0.39 is 0 Å². The molecule has 0 N–H and O–H groups in total. The van der Waals surface area contributed by atoms with Crippen LogP contribution in [-0.4, -0.2) is 12.6 Å². The Bertz CT molecular complexity index is 215. The van der Waals surface area contributed by atoms with Crippen LogP contribution in [0.3, 0.4) is 0 Å². The molecule has 0 aromatic carbocycles. The first-order valence-corrected chi connectivity index (χ1v) is 6.00. The predicted molar refractivity (Wildman–Crippen MR) is 61.5 cm³/mol. The molecule has 0 amide bonds. The van der Waals surface area contributed by atoms with E-state index in [2.05, 4.69) is 19.1 Å². The van der Waals surface area contributed by atoms with E-state index in [9.17, 15) is 4.79 Å². The maximum absolute atomic E-state index is 10.6. The number of esters is 1. The van der Waals surface area contributed by atoms with Gasteiger partial charge >= 0.3 is 5.97 Å². The highest BCUT2D eigenvalue weighted by Gasteiger charge is 2.11. The molecule has 0 spiro atoms. The van der Waals surface area contributed by atoms with E-state index >= 15 is 0 Å². The topological polar surface area (TPSA) is 26.3 Å². The molecule has 1 aliphatic carbocycles. The SMILES string of the molecule is CC(=O)OCCC(C)/C=C/C1CCCC1. The summed E-state index contributed by atoms with van der Waals surface area (Å²) in [4.78, 5) is 10.6. The molecule has 0 heterocycles. The summed E-state index contributed by atoms with van der Waals surface area (Å²) in [6.45, 7) is 4.18. The molecule has 1 unspecified atom stereocenters. The molecule has 2 nitrogen and oxygen atoms in total. The minimum Gasteiger partial charge on any atom is -0.466 e. The smallest absolute Gasteiger partial charge is 0.302 e. The molecule has 86 valence electrons. The quantitative estimate of drug-likeness (QED) is 0.514. The van der Waals surface area contributed by atoms with Gasteiger partial charge in [-0.3, -0.25) is 4.79 Å². The van der Waals surface area contributed by atoms with E-state index in [4.69, 9.17) is 4.74 Å². The number of allylic oxidation sites excluding steroid dienone is 2. The van der Waals surface area contributed by atoms with Gasteiger partial charge in [0.05, 0.1) is 6.61 Å². The predicted octanol–water partition coefficient (Wildman–Crippen LogP) is 3.32. The molecule has 1 aliphatic rings. The Kier molecular flexibility index (Phi) is 5.44. The summed E-state index contributed by atoms with van der Waals surface area (Å²) in [5.74, 6) is 1.15. The van der Waals surface area contributed by atoms with E-state index in [1.165, 1.54) is 32.6 Å². The molecule has 1 atom stereocenters. The van der Waals surface area contributed by atoms with Crippen molar-refractivity contribution in [2.24, 2.45) is 11.8 Å². The fraction of sp³-hybridized carbons (Fsp3) is 0.769. The minimum atomic E-state index is -0.179. The average molecular weight is 210 g/mol. The maximum atomic E-state index is 10.6. The molecule has 0 aromatic heterocycles. The second kappa shape index (κ2) is 6.65. The molecule has 2 heteroatoms. The largest absolute Gasteiger partial charge is 0.466 e. The van der Waals surface area contributed by atoms with Crippen molar-refractivity contribution in [3.63, 3.8) is 0 Å². The van der Waals surface area contributed by atoms with Crippen molar-refractivity contribution in [2.75, 3.05) is 6.61 Å². The summed E-state index contributed by atoms with van der Waals surface area (Å²) in [5, 5.41) is 0. The molecule has 0 aromatic rings. The number of hydrogen-bond acceptors (Lipinski definition) is 2. The maximum Gasteiger partial charge on any atom is 0.302 e. The zero-order valence-corrected chi connectivity index (χ0v) is 9.87. The van der Waals surface area contributed by atoms with Gasteiger partial charge < -0.3 is 4.74 Å². The van der Waals surface area contributed by atoms with E-state index in [0.29, 0.717) is 12.5 Å². The van der Waals surface area contributed by atoms with Gasteiger partial charge in [-0.1, -0.05) is 31.9 Å². The third kappa shape index (κ3) is 5.60. The summed E-state index contributed by atoms with van der Waals surface area (Å²) >= 11 is 0. The first-order valence-electron chi connectivity index (χ1n) is 6.00. The van der Waals surface area contributed by atoms with Gasteiger partial charge in [0.1, 0.15) is 0 Å². The van der Waals surface area contributed by atoms with Crippen LogP contribution >= 0.6 is 0 Å². The Hall–Kier alpha value is -0.790. The van der Waals surface area contributed by atoms with Crippen molar-refractivity contribution in [2.45, 2.75) is 46.0 Å². The summed E-state index contributed by atoms with van der Waals surface area (Å²) in [6, 6.07) is 0. The van der Waals surface area contributed by atoms with Gasteiger partial charge in [-0.25, -0.2) is 0 Å². The zero-order valence-electron chi connectivity index (χ0n) is 9.87. The van der Waals surface area contributed by atoms with Crippen molar-refractivity contribution in [3.05, 3.63) is 12.2 Å². The highest BCUT2D eigenvalue weighted by Crippen LogP contribution is 2.26. The number of ether oxygens (including phenoxy) is 1. The lowest BCUT2D eigenvalue weighted by molar-refractivity contribution is -0.141. The standard InChI is InChI=1S/C13H22O2/c1-11(9-10-15-12(2)14)7-8-13-5-3-4-6-13/h7-8,11,13H,3-6,9-10H2,1-2H3/b8-7+. The summed E-state index contributed by atoms with van der Waals surface area (Å²) in [6.07, 6.45) is 11.0. The molecule has 15 heavy (non-hydrogen) atoms. The molecule has 1 rings (SSSR count). The first-order chi connectivity index (χ1) is 7.18. The van der Waals surface area contributed by atoms with Gasteiger partial charge in [-0.2, -0.15) is 0 Å². The minimum absolute atomic E-state index is 0.179. The molecule has 0 bridgehead atoms. The third-order valence-corrected chi connectivity index (χ3v) is 2.99. The summed E-state index contributed by atoms with van der Waals surface area (Å²) in [5.41, 5.74) is 0. The van der Waals surface area contributed by atoms with Crippen molar-refractivity contribution in [1.82, 2.24) is 0 Å². The van der Waals surface area contributed by atoms with Gasteiger partial charge in [-0.15, -0.1) is 0 Å². The van der Waals surface area contributed by atoms with E-state index in [-0.39, 0.29) is 5.97 Å². The van der Waals surface area contributed by atoms with E-state index in [1.807, 2.05) is 0 Å². The van der Waals surface area contributed by atoms with Crippen LogP contribution in [-0.2, 0) is 9.53 Å². The van der Waals surface area contributed by atoms with E-state index in [1.54, 1.807) is 0 Å². The Labute approximate surface area is 92.7 Å². The molecule has 1 saturated carbocycles. The van der Waals surface area contributed by atoms with Gasteiger partial charge in [0, 0.05) is 6.92 Å². The van der Waals surface area contributed by atoms with Crippen molar-refractivity contribution in [1.29, 1.82) is 0 Å². The Morgan fingerprint density at radius 3 is 2.73 bits per heavy atom. The second-order valence-electron chi connectivity index (χ2n) is 4.54. The molecular weight excluding hydrogens is 188 g/mol. The monoisotopic (exact) mass is 210 g/mol. The average Bonchev–Trinajstić information content (AvgIpc) is 2.66. The normalized spacial score (nSPS) is 19.6. The Morgan fingerprint density at radius 1 is 1.47 bits per heavy atom. The molecule has 1 fully saturated rings. The number of carbonyl (C=O) groups is 1. The summed E-state index contributed by atoms with van der Waals surface area (Å²) in [7, 11) is 0. The first kappa shape index (κ1) is 12.3.